The summed E-state index contributed by atoms with van der Waals surface area (Å²) in [5.41, 5.74) is 0.573. The van der Waals surface area contributed by atoms with Crippen LogP contribution in [0.1, 0.15) is 49.8 Å². The Hall–Kier alpha value is -2.05. The maximum Gasteiger partial charge on any atom is 0.416 e. The van der Waals surface area contributed by atoms with Crippen LogP contribution < -0.4 is 10.1 Å². The molecule has 0 unspecified atom stereocenters. The lowest BCUT2D eigenvalue weighted by Crippen LogP contribution is -2.45. The Balaban J connectivity index is 1.74. The summed E-state index contributed by atoms with van der Waals surface area (Å²) < 4.78 is 51.0. The van der Waals surface area contributed by atoms with E-state index in [2.05, 4.69) is 5.32 Å². The number of benzene rings is 2. The lowest BCUT2D eigenvalue weighted by molar-refractivity contribution is -0.137. The van der Waals surface area contributed by atoms with Crippen LogP contribution in [0.4, 0.5) is 13.2 Å². The van der Waals surface area contributed by atoms with E-state index >= 15 is 0 Å². The Labute approximate surface area is 176 Å². The van der Waals surface area contributed by atoms with E-state index in [1.807, 2.05) is 44.2 Å². The third-order valence-corrected chi connectivity index (χ3v) is 5.91. The van der Waals surface area contributed by atoms with Gasteiger partial charge in [-0.3, -0.25) is 0 Å². The second-order valence-corrected chi connectivity index (χ2v) is 8.67. The van der Waals surface area contributed by atoms with Crippen LogP contribution in [0.5, 0.6) is 5.75 Å². The summed E-state index contributed by atoms with van der Waals surface area (Å²) in [7, 11) is 1.63. The maximum atomic E-state index is 13.3. The molecule has 0 bridgehead atoms. The average Bonchev–Trinajstić information content (AvgIpc) is 2.70. The second kappa shape index (κ2) is 8.98. The zero-order valence-electron chi connectivity index (χ0n) is 17.8. The summed E-state index contributed by atoms with van der Waals surface area (Å²) in [6, 6.07) is 13.7. The van der Waals surface area contributed by atoms with E-state index < -0.39 is 11.7 Å². The molecule has 3 nitrogen and oxygen atoms in total. The lowest BCUT2D eigenvalue weighted by atomic mass is 9.67. The highest BCUT2D eigenvalue weighted by Crippen LogP contribution is 2.45. The van der Waals surface area contributed by atoms with Crippen LogP contribution in [-0.2, 0) is 22.9 Å². The molecule has 0 aliphatic carbocycles. The number of ether oxygens (including phenoxy) is 2. The van der Waals surface area contributed by atoms with Gasteiger partial charge >= 0.3 is 6.18 Å². The SMILES string of the molecule is COc1ccc(CNCC[C@@]2(c3cccc(C(F)(F)F)c3)CCOC(C)(C)C2)cc1. The fraction of sp³-hybridized carbons (Fsp3) is 0.500. The summed E-state index contributed by atoms with van der Waals surface area (Å²) in [6.07, 6.45) is -2.20. The summed E-state index contributed by atoms with van der Waals surface area (Å²) >= 11 is 0. The van der Waals surface area contributed by atoms with Crippen LogP contribution in [-0.4, -0.2) is 25.9 Å². The van der Waals surface area contributed by atoms with Crippen molar-refractivity contribution in [3.05, 3.63) is 65.2 Å². The fourth-order valence-electron chi connectivity index (χ4n) is 4.41. The van der Waals surface area contributed by atoms with Crippen LogP contribution in [0.2, 0.25) is 0 Å². The molecule has 1 heterocycles. The van der Waals surface area contributed by atoms with Crippen molar-refractivity contribution in [3.63, 3.8) is 0 Å². The first-order valence-corrected chi connectivity index (χ1v) is 10.3. The van der Waals surface area contributed by atoms with Gasteiger partial charge in [-0.25, -0.2) is 0 Å². The van der Waals surface area contributed by atoms with Gasteiger partial charge < -0.3 is 14.8 Å². The number of rotatable bonds is 7. The average molecular weight is 422 g/mol. The number of alkyl halides is 3. The standard InChI is InChI=1S/C24H30F3NO2/c1-22(2)17-23(12-14-30-22,19-5-4-6-20(15-19)24(25,26)27)11-13-28-16-18-7-9-21(29-3)10-8-18/h4-10,15,28H,11-14,16-17H2,1-3H3/t23-/m1/s1. The number of hydrogen-bond donors (Lipinski definition) is 1. The Morgan fingerprint density at radius 1 is 1.10 bits per heavy atom. The first kappa shape index (κ1) is 22.6. The van der Waals surface area contributed by atoms with Crippen LogP contribution in [0.25, 0.3) is 0 Å². The van der Waals surface area contributed by atoms with Gasteiger partial charge in [-0.2, -0.15) is 13.2 Å². The van der Waals surface area contributed by atoms with E-state index in [-0.39, 0.29) is 11.0 Å². The van der Waals surface area contributed by atoms with Gasteiger partial charge in [0, 0.05) is 18.6 Å². The van der Waals surface area contributed by atoms with Gasteiger partial charge in [0.05, 0.1) is 18.3 Å². The fourth-order valence-corrected chi connectivity index (χ4v) is 4.41. The molecule has 1 fully saturated rings. The van der Waals surface area contributed by atoms with E-state index in [4.69, 9.17) is 9.47 Å². The lowest BCUT2D eigenvalue weighted by Gasteiger charge is -2.46. The molecule has 1 atom stereocenters. The van der Waals surface area contributed by atoms with Crippen LogP contribution in [0.3, 0.4) is 0 Å². The topological polar surface area (TPSA) is 30.5 Å². The van der Waals surface area contributed by atoms with Crippen LogP contribution in [0, 0.1) is 0 Å². The van der Waals surface area contributed by atoms with Crippen molar-refractivity contribution in [3.8, 4) is 5.75 Å². The van der Waals surface area contributed by atoms with Crippen molar-refractivity contribution in [1.29, 1.82) is 0 Å². The van der Waals surface area contributed by atoms with Gasteiger partial charge in [0.25, 0.3) is 0 Å². The molecule has 0 radical (unpaired) electrons. The molecular weight excluding hydrogens is 391 g/mol. The predicted octanol–water partition coefficient (Wildman–Crippen LogP) is 5.72. The van der Waals surface area contributed by atoms with E-state index in [9.17, 15) is 13.2 Å². The van der Waals surface area contributed by atoms with E-state index in [0.717, 1.165) is 29.4 Å². The Morgan fingerprint density at radius 3 is 2.47 bits per heavy atom. The Kier molecular flexibility index (Phi) is 6.78. The molecule has 1 aliphatic rings. The van der Waals surface area contributed by atoms with E-state index in [1.54, 1.807) is 7.11 Å². The van der Waals surface area contributed by atoms with Gasteiger partial charge in [-0.1, -0.05) is 30.3 Å². The molecule has 6 heteroatoms. The highest BCUT2D eigenvalue weighted by atomic mass is 19.4. The van der Waals surface area contributed by atoms with Gasteiger partial charge in [0.1, 0.15) is 5.75 Å². The first-order chi connectivity index (χ1) is 14.1. The molecule has 0 saturated carbocycles. The zero-order chi connectivity index (χ0) is 21.8. The molecule has 164 valence electrons. The first-order valence-electron chi connectivity index (χ1n) is 10.3. The quantitative estimate of drug-likeness (QED) is 0.580. The minimum Gasteiger partial charge on any atom is -0.497 e. The number of methoxy groups -OCH3 is 1. The molecule has 2 aromatic rings. The minimum atomic E-state index is -4.34. The molecule has 1 aliphatic heterocycles. The summed E-state index contributed by atoms with van der Waals surface area (Å²) in [5.74, 6) is 0.812. The molecule has 1 N–H and O–H groups in total. The second-order valence-electron chi connectivity index (χ2n) is 8.67. The van der Waals surface area contributed by atoms with Crippen molar-refractivity contribution in [2.45, 2.75) is 56.8 Å². The Bertz CT molecular complexity index is 833. The van der Waals surface area contributed by atoms with E-state index in [1.165, 1.54) is 12.1 Å². The third-order valence-electron chi connectivity index (χ3n) is 5.91. The largest absolute Gasteiger partial charge is 0.497 e. The van der Waals surface area contributed by atoms with Gasteiger partial charge in [-0.05, 0) is 69.0 Å². The predicted molar refractivity (Wildman–Crippen MR) is 112 cm³/mol. The highest BCUT2D eigenvalue weighted by molar-refractivity contribution is 5.33. The number of nitrogens with one attached hydrogen (secondary N) is 1. The van der Waals surface area contributed by atoms with E-state index in [0.29, 0.717) is 32.5 Å². The summed E-state index contributed by atoms with van der Waals surface area (Å²) in [5, 5.41) is 3.45. The minimum absolute atomic E-state index is 0.351. The summed E-state index contributed by atoms with van der Waals surface area (Å²) in [4.78, 5) is 0. The molecule has 0 amide bonds. The van der Waals surface area contributed by atoms with Crippen molar-refractivity contribution >= 4 is 0 Å². The maximum absolute atomic E-state index is 13.3. The van der Waals surface area contributed by atoms with Crippen molar-refractivity contribution < 1.29 is 22.6 Å². The number of hydrogen-bond acceptors (Lipinski definition) is 3. The van der Waals surface area contributed by atoms with Crippen LogP contribution >= 0.6 is 0 Å². The van der Waals surface area contributed by atoms with Crippen molar-refractivity contribution in [2.75, 3.05) is 20.3 Å². The molecular formula is C24H30F3NO2. The highest BCUT2D eigenvalue weighted by Gasteiger charge is 2.42. The van der Waals surface area contributed by atoms with Crippen molar-refractivity contribution in [2.24, 2.45) is 0 Å². The van der Waals surface area contributed by atoms with Crippen LogP contribution in [0.15, 0.2) is 48.5 Å². The zero-order valence-corrected chi connectivity index (χ0v) is 17.8. The molecule has 2 aromatic carbocycles. The summed E-state index contributed by atoms with van der Waals surface area (Å²) in [6.45, 7) is 5.97. The molecule has 0 spiro atoms. The Morgan fingerprint density at radius 2 is 1.83 bits per heavy atom. The molecule has 30 heavy (non-hydrogen) atoms. The van der Waals surface area contributed by atoms with Crippen molar-refractivity contribution in [1.82, 2.24) is 5.32 Å². The molecule has 3 rings (SSSR count). The third kappa shape index (κ3) is 5.55. The molecule has 0 aromatic heterocycles. The monoisotopic (exact) mass is 421 g/mol. The van der Waals surface area contributed by atoms with Gasteiger partial charge in [0.2, 0.25) is 0 Å². The van der Waals surface area contributed by atoms with Gasteiger partial charge in [0.15, 0.2) is 0 Å². The number of halogens is 3. The smallest absolute Gasteiger partial charge is 0.416 e. The normalized spacial score (nSPS) is 21.4. The van der Waals surface area contributed by atoms with Gasteiger partial charge in [-0.15, -0.1) is 0 Å². The molecule has 1 saturated heterocycles.